The highest BCUT2D eigenvalue weighted by molar-refractivity contribution is 6.42. The van der Waals surface area contributed by atoms with E-state index in [1.54, 1.807) is 42.5 Å². The standard InChI is InChI=1S/C19H17Cl3N2O4/c1-24(10-17(25)23-16-5-3-2-4-14(16)21)18(26)11-28-19(27)9-12-6-7-13(20)15(22)8-12/h2-8H,9-11H2,1H3,(H,23,25). The van der Waals surface area contributed by atoms with E-state index >= 15 is 0 Å². The largest absolute Gasteiger partial charge is 0.455 e. The third kappa shape index (κ3) is 6.71. The van der Waals surface area contributed by atoms with Crippen LogP contribution in [0.25, 0.3) is 0 Å². The number of ether oxygens (including phenoxy) is 1. The van der Waals surface area contributed by atoms with E-state index in [9.17, 15) is 14.4 Å². The number of amides is 2. The lowest BCUT2D eigenvalue weighted by molar-refractivity contribution is -0.151. The van der Waals surface area contributed by atoms with Gasteiger partial charge < -0.3 is 15.0 Å². The van der Waals surface area contributed by atoms with Gasteiger partial charge in [-0.15, -0.1) is 0 Å². The predicted molar refractivity (Wildman–Crippen MR) is 109 cm³/mol. The van der Waals surface area contributed by atoms with Crippen molar-refractivity contribution in [1.82, 2.24) is 4.90 Å². The molecule has 0 unspecified atom stereocenters. The lowest BCUT2D eigenvalue weighted by atomic mass is 10.1. The second kappa shape index (κ2) is 10.3. The van der Waals surface area contributed by atoms with Crippen LogP contribution in [0.2, 0.25) is 15.1 Å². The maximum Gasteiger partial charge on any atom is 0.310 e. The van der Waals surface area contributed by atoms with Crippen molar-refractivity contribution in [3.63, 3.8) is 0 Å². The Bertz CT molecular complexity index is 889. The molecule has 1 N–H and O–H groups in total. The Hall–Kier alpha value is -2.28. The number of anilines is 1. The molecule has 0 aromatic heterocycles. The Labute approximate surface area is 177 Å². The van der Waals surface area contributed by atoms with Gasteiger partial charge in [0.1, 0.15) is 0 Å². The molecule has 0 aliphatic carbocycles. The van der Waals surface area contributed by atoms with E-state index < -0.39 is 24.4 Å². The summed E-state index contributed by atoms with van der Waals surface area (Å²) in [5.74, 6) is -1.54. The van der Waals surface area contributed by atoms with E-state index in [1.165, 1.54) is 7.05 Å². The van der Waals surface area contributed by atoms with Crippen LogP contribution < -0.4 is 5.32 Å². The molecule has 0 bridgehead atoms. The summed E-state index contributed by atoms with van der Waals surface area (Å²) < 4.78 is 4.96. The first kappa shape index (κ1) is 22.0. The van der Waals surface area contributed by atoms with Gasteiger partial charge in [0.25, 0.3) is 5.91 Å². The third-order valence-electron chi connectivity index (χ3n) is 3.64. The highest BCUT2D eigenvalue weighted by atomic mass is 35.5. The molecule has 0 aliphatic heterocycles. The highest BCUT2D eigenvalue weighted by Crippen LogP contribution is 2.23. The second-order valence-corrected chi connectivity index (χ2v) is 7.09. The summed E-state index contributed by atoms with van der Waals surface area (Å²) in [4.78, 5) is 37.1. The quantitative estimate of drug-likeness (QED) is 0.660. The molecule has 2 amide bonds. The van der Waals surface area contributed by atoms with E-state index in [0.717, 1.165) is 4.90 Å². The number of hydrogen-bond donors (Lipinski definition) is 1. The molecule has 0 radical (unpaired) electrons. The van der Waals surface area contributed by atoms with Gasteiger partial charge in [-0.05, 0) is 29.8 Å². The molecular weight excluding hydrogens is 427 g/mol. The summed E-state index contributed by atoms with van der Waals surface area (Å²) in [6.45, 7) is -0.690. The molecule has 28 heavy (non-hydrogen) atoms. The second-order valence-electron chi connectivity index (χ2n) is 5.86. The Kier molecular flexibility index (Phi) is 8.11. The Balaban J connectivity index is 1.78. The molecule has 2 aromatic rings. The van der Waals surface area contributed by atoms with E-state index in [1.807, 2.05) is 0 Å². The van der Waals surface area contributed by atoms with Crippen molar-refractivity contribution in [2.45, 2.75) is 6.42 Å². The van der Waals surface area contributed by atoms with Crippen molar-refractivity contribution in [3.05, 3.63) is 63.1 Å². The molecular formula is C19H17Cl3N2O4. The first-order valence-corrected chi connectivity index (χ1v) is 9.27. The van der Waals surface area contributed by atoms with Crippen LogP contribution >= 0.6 is 34.8 Å². The van der Waals surface area contributed by atoms with Crippen LogP contribution in [0, 0.1) is 0 Å². The minimum Gasteiger partial charge on any atom is -0.455 e. The fraction of sp³-hybridized carbons (Fsp3) is 0.211. The van der Waals surface area contributed by atoms with Gasteiger partial charge in [-0.3, -0.25) is 14.4 Å². The summed E-state index contributed by atoms with van der Waals surface area (Å²) in [6.07, 6.45) is -0.0547. The molecule has 2 rings (SSSR count). The first-order chi connectivity index (χ1) is 13.3. The molecule has 148 valence electrons. The zero-order valence-corrected chi connectivity index (χ0v) is 17.1. The minimum absolute atomic E-state index is 0.0547. The van der Waals surface area contributed by atoms with E-state index in [4.69, 9.17) is 39.5 Å². The van der Waals surface area contributed by atoms with E-state index in [0.29, 0.717) is 26.3 Å². The first-order valence-electron chi connectivity index (χ1n) is 8.14. The average molecular weight is 444 g/mol. The topological polar surface area (TPSA) is 75.7 Å². The summed E-state index contributed by atoms with van der Waals surface area (Å²) in [5, 5.41) is 3.70. The molecule has 0 saturated carbocycles. The fourth-order valence-corrected chi connectivity index (χ4v) is 2.68. The van der Waals surface area contributed by atoms with Crippen LogP contribution in [0.4, 0.5) is 5.69 Å². The summed E-state index contributed by atoms with van der Waals surface area (Å²) in [7, 11) is 1.43. The Morgan fingerprint density at radius 3 is 2.39 bits per heavy atom. The molecule has 0 atom stereocenters. The molecule has 0 fully saturated rings. The highest BCUT2D eigenvalue weighted by Gasteiger charge is 2.16. The van der Waals surface area contributed by atoms with Crippen molar-refractivity contribution in [3.8, 4) is 0 Å². The van der Waals surface area contributed by atoms with Gasteiger partial charge in [0.2, 0.25) is 5.91 Å². The summed E-state index contributed by atoms with van der Waals surface area (Å²) in [6, 6.07) is 11.5. The Morgan fingerprint density at radius 1 is 1.00 bits per heavy atom. The summed E-state index contributed by atoms with van der Waals surface area (Å²) in [5.41, 5.74) is 1.06. The number of halogens is 3. The van der Waals surface area contributed by atoms with Gasteiger partial charge in [-0.25, -0.2) is 0 Å². The van der Waals surface area contributed by atoms with Crippen molar-refractivity contribution in [1.29, 1.82) is 0 Å². The molecule has 0 saturated heterocycles. The van der Waals surface area contributed by atoms with Gasteiger partial charge in [-0.2, -0.15) is 0 Å². The van der Waals surface area contributed by atoms with Crippen molar-refractivity contribution in [2.24, 2.45) is 0 Å². The van der Waals surface area contributed by atoms with Crippen molar-refractivity contribution in [2.75, 3.05) is 25.5 Å². The van der Waals surface area contributed by atoms with Crippen LogP contribution in [-0.4, -0.2) is 42.9 Å². The number of carbonyl (C=O) groups excluding carboxylic acids is 3. The number of carbonyl (C=O) groups is 3. The number of nitrogens with one attached hydrogen (secondary N) is 1. The zero-order valence-electron chi connectivity index (χ0n) is 14.9. The number of likely N-dealkylation sites (N-methyl/N-ethyl adjacent to an activating group) is 1. The normalized spacial score (nSPS) is 10.3. The van der Waals surface area contributed by atoms with Crippen LogP contribution in [0.1, 0.15) is 5.56 Å². The maximum atomic E-state index is 12.1. The van der Waals surface area contributed by atoms with Gasteiger partial charge in [0.05, 0.1) is 33.7 Å². The van der Waals surface area contributed by atoms with Crippen molar-refractivity contribution < 1.29 is 19.1 Å². The van der Waals surface area contributed by atoms with Crippen LogP contribution in [0.3, 0.4) is 0 Å². The smallest absolute Gasteiger partial charge is 0.310 e. The minimum atomic E-state index is -0.597. The third-order valence-corrected chi connectivity index (χ3v) is 4.71. The molecule has 0 heterocycles. The average Bonchev–Trinajstić information content (AvgIpc) is 2.64. The predicted octanol–water partition coefficient (Wildman–Crippen LogP) is 3.83. The van der Waals surface area contributed by atoms with Gasteiger partial charge in [-0.1, -0.05) is 53.0 Å². The number of para-hydroxylation sites is 1. The lowest BCUT2D eigenvalue weighted by Crippen LogP contribution is -2.37. The van der Waals surface area contributed by atoms with E-state index in [-0.39, 0.29) is 13.0 Å². The van der Waals surface area contributed by atoms with Gasteiger partial charge >= 0.3 is 5.97 Å². The number of rotatable bonds is 7. The van der Waals surface area contributed by atoms with Crippen molar-refractivity contribution >= 4 is 58.3 Å². The van der Waals surface area contributed by atoms with Crippen LogP contribution in [0.5, 0.6) is 0 Å². The van der Waals surface area contributed by atoms with Gasteiger partial charge in [0, 0.05) is 7.05 Å². The van der Waals surface area contributed by atoms with Crippen LogP contribution in [-0.2, 0) is 25.5 Å². The molecule has 6 nitrogen and oxygen atoms in total. The summed E-state index contributed by atoms with van der Waals surface area (Å²) >= 11 is 17.7. The maximum absolute atomic E-state index is 12.1. The lowest BCUT2D eigenvalue weighted by Gasteiger charge is -2.17. The molecule has 9 heteroatoms. The number of nitrogens with zero attached hydrogens (tertiary/aromatic N) is 1. The Morgan fingerprint density at radius 2 is 1.71 bits per heavy atom. The molecule has 0 aliphatic rings. The number of esters is 1. The molecule has 0 spiro atoms. The molecule has 2 aromatic carbocycles. The number of hydrogen-bond acceptors (Lipinski definition) is 4. The van der Waals surface area contributed by atoms with Crippen LogP contribution in [0.15, 0.2) is 42.5 Å². The van der Waals surface area contributed by atoms with E-state index in [2.05, 4.69) is 5.32 Å². The zero-order chi connectivity index (χ0) is 20.7. The SMILES string of the molecule is CN(CC(=O)Nc1ccccc1Cl)C(=O)COC(=O)Cc1ccc(Cl)c(Cl)c1. The number of benzene rings is 2. The monoisotopic (exact) mass is 442 g/mol. The fourth-order valence-electron chi connectivity index (χ4n) is 2.18. The van der Waals surface area contributed by atoms with Gasteiger partial charge in [0.15, 0.2) is 6.61 Å².